The maximum absolute atomic E-state index is 12.1. The highest BCUT2D eigenvalue weighted by atomic mass is 79.9. The molecule has 106 valence electrons. The Morgan fingerprint density at radius 1 is 1.37 bits per heavy atom. The molecule has 0 aromatic heterocycles. The Bertz CT molecular complexity index is 416. The third kappa shape index (κ3) is 4.62. The Morgan fingerprint density at radius 2 is 2.05 bits per heavy atom. The van der Waals surface area contributed by atoms with E-state index in [1.54, 1.807) is 12.1 Å². The van der Waals surface area contributed by atoms with Crippen molar-refractivity contribution in [1.82, 2.24) is 5.32 Å². The summed E-state index contributed by atoms with van der Waals surface area (Å²) in [4.78, 5) is 12.1. The van der Waals surface area contributed by atoms with E-state index < -0.39 is 0 Å². The minimum Gasteiger partial charge on any atom is -0.396 e. The smallest absolute Gasteiger partial charge is 0.251 e. The molecular formula is C15H22BrNO2. The Morgan fingerprint density at radius 3 is 2.58 bits per heavy atom. The molecule has 19 heavy (non-hydrogen) atoms. The summed E-state index contributed by atoms with van der Waals surface area (Å²) in [5, 5.41) is 12.1. The number of rotatable bonds is 7. The lowest BCUT2D eigenvalue weighted by molar-refractivity contribution is 0.0907. The monoisotopic (exact) mass is 327 g/mol. The molecule has 1 rings (SSSR count). The van der Waals surface area contributed by atoms with Gasteiger partial charge in [0.05, 0.1) is 0 Å². The third-order valence-electron chi connectivity index (χ3n) is 3.85. The van der Waals surface area contributed by atoms with Crippen LogP contribution < -0.4 is 5.32 Å². The van der Waals surface area contributed by atoms with E-state index in [4.69, 9.17) is 5.11 Å². The van der Waals surface area contributed by atoms with E-state index in [0.29, 0.717) is 12.1 Å². The second-order valence-electron chi connectivity index (χ2n) is 4.87. The van der Waals surface area contributed by atoms with Crippen molar-refractivity contribution in [2.45, 2.75) is 33.1 Å². The maximum atomic E-state index is 12.1. The fourth-order valence-electron chi connectivity index (χ4n) is 2.18. The van der Waals surface area contributed by atoms with Crippen LogP contribution in [0.5, 0.6) is 0 Å². The van der Waals surface area contributed by atoms with E-state index in [-0.39, 0.29) is 17.9 Å². The lowest BCUT2D eigenvalue weighted by Crippen LogP contribution is -2.37. The van der Waals surface area contributed by atoms with Gasteiger partial charge in [0, 0.05) is 23.2 Å². The molecule has 1 amide bonds. The standard InChI is InChI=1S/C15H22BrNO2/c1-3-15(4-2,8-9-18)11-17-14(19)12-6-5-7-13(16)10-12/h5-7,10,18H,3-4,8-9,11H2,1-2H3,(H,17,19). The molecule has 3 nitrogen and oxygen atoms in total. The molecule has 0 radical (unpaired) electrons. The van der Waals surface area contributed by atoms with Crippen molar-refractivity contribution in [2.24, 2.45) is 5.41 Å². The number of aliphatic hydroxyl groups is 1. The summed E-state index contributed by atoms with van der Waals surface area (Å²) in [6, 6.07) is 7.34. The first kappa shape index (κ1) is 16.2. The van der Waals surface area contributed by atoms with Gasteiger partial charge in [-0.15, -0.1) is 0 Å². The summed E-state index contributed by atoms with van der Waals surface area (Å²) in [6.07, 6.45) is 2.62. The van der Waals surface area contributed by atoms with Gasteiger partial charge in [0.15, 0.2) is 0 Å². The zero-order chi connectivity index (χ0) is 14.3. The molecule has 0 bridgehead atoms. The number of amides is 1. The Kier molecular flexibility index (Phi) is 6.52. The van der Waals surface area contributed by atoms with Crippen molar-refractivity contribution in [2.75, 3.05) is 13.2 Å². The van der Waals surface area contributed by atoms with E-state index in [2.05, 4.69) is 35.1 Å². The largest absolute Gasteiger partial charge is 0.396 e. The highest BCUT2D eigenvalue weighted by molar-refractivity contribution is 9.10. The predicted molar refractivity (Wildman–Crippen MR) is 81.2 cm³/mol. The zero-order valence-corrected chi connectivity index (χ0v) is 13.2. The second-order valence-corrected chi connectivity index (χ2v) is 5.79. The molecule has 0 saturated carbocycles. The fourth-order valence-corrected chi connectivity index (χ4v) is 2.58. The minimum absolute atomic E-state index is 0.00355. The van der Waals surface area contributed by atoms with Gasteiger partial charge in [-0.25, -0.2) is 0 Å². The van der Waals surface area contributed by atoms with Crippen LogP contribution in [0.2, 0.25) is 0 Å². The van der Waals surface area contributed by atoms with Crippen LogP contribution >= 0.6 is 15.9 Å². The molecule has 0 fully saturated rings. The van der Waals surface area contributed by atoms with Gasteiger partial charge in [0.2, 0.25) is 0 Å². The van der Waals surface area contributed by atoms with Gasteiger partial charge in [-0.3, -0.25) is 4.79 Å². The number of aliphatic hydroxyl groups excluding tert-OH is 1. The highest BCUT2D eigenvalue weighted by Gasteiger charge is 2.26. The maximum Gasteiger partial charge on any atom is 0.251 e. The van der Waals surface area contributed by atoms with Crippen LogP contribution in [0, 0.1) is 5.41 Å². The zero-order valence-electron chi connectivity index (χ0n) is 11.6. The second kappa shape index (κ2) is 7.65. The number of nitrogens with one attached hydrogen (secondary N) is 1. The van der Waals surface area contributed by atoms with Crippen molar-refractivity contribution in [3.05, 3.63) is 34.3 Å². The van der Waals surface area contributed by atoms with Crippen molar-refractivity contribution in [3.63, 3.8) is 0 Å². The van der Waals surface area contributed by atoms with Gasteiger partial charge >= 0.3 is 0 Å². The molecule has 4 heteroatoms. The number of carbonyl (C=O) groups is 1. The molecule has 1 aromatic rings. The number of carbonyl (C=O) groups excluding carboxylic acids is 1. The molecule has 0 saturated heterocycles. The summed E-state index contributed by atoms with van der Waals surface area (Å²) >= 11 is 3.36. The average molecular weight is 328 g/mol. The van der Waals surface area contributed by atoms with Gasteiger partial charge in [-0.05, 0) is 42.9 Å². The molecule has 0 aliphatic rings. The Balaban J connectivity index is 2.66. The molecule has 0 aliphatic heterocycles. The van der Waals surface area contributed by atoms with Crippen molar-refractivity contribution < 1.29 is 9.90 Å². The van der Waals surface area contributed by atoms with Gasteiger partial charge in [-0.1, -0.05) is 35.8 Å². The number of hydrogen-bond donors (Lipinski definition) is 2. The molecule has 0 atom stereocenters. The van der Waals surface area contributed by atoms with Gasteiger partial charge in [0.1, 0.15) is 0 Å². The number of benzene rings is 1. The predicted octanol–water partition coefficient (Wildman–Crippen LogP) is 3.37. The topological polar surface area (TPSA) is 49.3 Å². The summed E-state index contributed by atoms with van der Waals surface area (Å²) in [5.41, 5.74) is 0.649. The quantitative estimate of drug-likeness (QED) is 0.806. The van der Waals surface area contributed by atoms with Crippen molar-refractivity contribution in [3.8, 4) is 0 Å². The molecular weight excluding hydrogens is 306 g/mol. The SMILES string of the molecule is CCC(CC)(CCO)CNC(=O)c1cccc(Br)c1. The van der Waals surface area contributed by atoms with Crippen LogP contribution in [0.25, 0.3) is 0 Å². The summed E-state index contributed by atoms with van der Waals surface area (Å²) in [7, 11) is 0. The van der Waals surface area contributed by atoms with Crippen LogP contribution in [-0.4, -0.2) is 24.2 Å². The normalized spacial score (nSPS) is 11.4. The first-order valence-electron chi connectivity index (χ1n) is 6.71. The van der Waals surface area contributed by atoms with E-state index in [1.165, 1.54) is 0 Å². The summed E-state index contributed by atoms with van der Waals surface area (Å²) < 4.78 is 0.896. The van der Waals surface area contributed by atoms with E-state index in [9.17, 15) is 4.79 Å². The molecule has 0 unspecified atom stereocenters. The van der Waals surface area contributed by atoms with Crippen LogP contribution in [0.15, 0.2) is 28.7 Å². The fraction of sp³-hybridized carbons (Fsp3) is 0.533. The average Bonchev–Trinajstić information content (AvgIpc) is 2.43. The lowest BCUT2D eigenvalue weighted by Gasteiger charge is -2.31. The van der Waals surface area contributed by atoms with Crippen molar-refractivity contribution in [1.29, 1.82) is 0 Å². The van der Waals surface area contributed by atoms with E-state index >= 15 is 0 Å². The summed E-state index contributed by atoms with van der Waals surface area (Å²) in [5.74, 6) is -0.0643. The minimum atomic E-state index is -0.0643. The molecule has 0 spiro atoms. The van der Waals surface area contributed by atoms with Crippen molar-refractivity contribution >= 4 is 21.8 Å². The highest BCUT2D eigenvalue weighted by Crippen LogP contribution is 2.29. The lowest BCUT2D eigenvalue weighted by atomic mass is 9.79. The van der Waals surface area contributed by atoms with E-state index in [1.807, 2.05) is 12.1 Å². The molecule has 0 aliphatic carbocycles. The van der Waals surface area contributed by atoms with E-state index in [0.717, 1.165) is 23.7 Å². The van der Waals surface area contributed by atoms with Gasteiger partial charge < -0.3 is 10.4 Å². The van der Waals surface area contributed by atoms with Crippen LogP contribution in [0.1, 0.15) is 43.5 Å². The van der Waals surface area contributed by atoms with Gasteiger partial charge in [-0.2, -0.15) is 0 Å². The Hall–Kier alpha value is -0.870. The number of halogens is 1. The van der Waals surface area contributed by atoms with Crippen LogP contribution in [0.4, 0.5) is 0 Å². The first-order valence-corrected chi connectivity index (χ1v) is 7.51. The number of hydrogen-bond acceptors (Lipinski definition) is 2. The molecule has 0 heterocycles. The molecule has 1 aromatic carbocycles. The van der Waals surface area contributed by atoms with Crippen LogP contribution in [-0.2, 0) is 0 Å². The third-order valence-corrected chi connectivity index (χ3v) is 4.35. The first-order chi connectivity index (χ1) is 9.06. The van der Waals surface area contributed by atoms with Crippen LogP contribution in [0.3, 0.4) is 0 Å². The summed E-state index contributed by atoms with van der Waals surface area (Å²) in [6.45, 7) is 4.97. The molecule has 2 N–H and O–H groups in total. The van der Waals surface area contributed by atoms with Gasteiger partial charge in [0.25, 0.3) is 5.91 Å². The Labute approximate surface area is 123 Å².